The van der Waals surface area contributed by atoms with Crippen molar-refractivity contribution in [2.45, 2.75) is 38.0 Å². The van der Waals surface area contributed by atoms with E-state index in [1.54, 1.807) is 0 Å². The fraction of sp³-hybridized carbons (Fsp3) is 0.650. The highest BCUT2D eigenvalue weighted by Gasteiger charge is 2.32. The molecular formula is C20H30IN3O4. The Kier molecular flexibility index (Phi) is 8.04. The first-order chi connectivity index (χ1) is 13.3. The minimum atomic E-state index is 0. The number of fused-ring (bicyclic) bond motifs is 1. The van der Waals surface area contributed by atoms with E-state index in [9.17, 15) is 0 Å². The van der Waals surface area contributed by atoms with Gasteiger partial charge in [0.15, 0.2) is 17.5 Å². The normalized spacial score (nSPS) is 25.0. The summed E-state index contributed by atoms with van der Waals surface area (Å²) in [6.45, 7) is 5.20. The Hall–Kier alpha value is -1.26. The van der Waals surface area contributed by atoms with Crippen LogP contribution in [0.5, 0.6) is 11.5 Å². The molecule has 0 spiro atoms. The highest BCUT2D eigenvalue weighted by atomic mass is 127. The molecule has 1 aromatic rings. The number of aliphatic imine (C=N–C) groups is 1. The van der Waals surface area contributed by atoms with Gasteiger partial charge in [-0.1, -0.05) is 12.1 Å². The molecule has 2 fully saturated rings. The lowest BCUT2D eigenvalue weighted by atomic mass is 10.1. The van der Waals surface area contributed by atoms with Gasteiger partial charge in [-0.2, -0.15) is 0 Å². The Balaban J connectivity index is 0.00000225. The van der Waals surface area contributed by atoms with Gasteiger partial charge in [-0.15, -0.1) is 24.0 Å². The molecular weight excluding hydrogens is 473 g/mol. The maximum absolute atomic E-state index is 5.95. The molecule has 1 N–H and O–H groups in total. The predicted octanol–water partition coefficient (Wildman–Crippen LogP) is 2.42. The Bertz CT molecular complexity index is 667. The minimum Gasteiger partial charge on any atom is -0.490 e. The molecule has 8 heteroatoms. The summed E-state index contributed by atoms with van der Waals surface area (Å²) < 4.78 is 23.5. The predicted molar refractivity (Wildman–Crippen MR) is 118 cm³/mol. The van der Waals surface area contributed by atoms with Gasteiger partial charge >= 0.3 is 0 Å². The van der Waals surface area contributed by atoms with Crippen molar-refractivity contribution in [2.75, 3.05) is 46.6 Å². The van der Waals surface area contributed by atoms with Crippen LogP contribution in [-0.2, 0) is 16.0 Å². The summed E-state index contributed by atoms with van der Waals surface area (Å²) in [7, 11) is 1.82. The molecule has 2 unspecified atom stereocenters. The highest BCUT2D eigenvalue weighted by molar-refractivity contribution is 14.0. The Morgan fingerprint density at radius 3 is 2.79 bits per heavy atom. The van der Waals surface area contributed by atoms with Crippen LogP contribution in [0.4, 0.5) is 0 Å². The SMILES string of the molecule is CN=C(NCc1cccc2c1OCCCO2)N1CCOC(C2CCCO2)C1.I. The minimum absolute atomic E-state index is 0. The highest BCUT2D eigenvalue weighted by Crippen LogP contribution is 2.33. The van der Waals surface area contributed by atoms with Crippen molar-refractivity contribution in [3.8, 4) is 11.5 Å². The van der Waals surface area contributed by atoms with Crippen molar-refractivity contribution < 1.29 is 18.9 Å². The Morgan fingerprint density at radius 2 is 1.96 bits per heavy atom. The van der Waals surface area contributed by atoms with Crippen molar-refractivity contribution >= 4 is 29.9 Å². The number of hydrogen-bond donors (Lipinski definition) is 1. The van der Waals surface area contributed by atoms with Crippen LogP contribution in [-0.4, -0.2) is 69.6 Å². The number of nitrogens with one attached hydrogen (secondary N) is 1. The molecule has 0 amide bonds. The Morgan fingerprint density at radius 1 is 1.11 bits per heavy atom. The smallest absolute Gasteiger partial charge is 0.194 e. The maximum atomic E-state index is 5.95. The molecule has 0 saturated carbocycles. The molecule has 7 nitrogen and oxygen atoms in total. The standard InChI is InChI=1S/C20H29N3O4.HI/c1-21-20(23-8-12-26-18(14-23)16-7-3-9-24-16)22-13-15-5-2-6-17-19(15)27-11-4-10-25-17;/h2,5-6,16,18H,3-4,7-14H2,1H3,(H,21,22);1H. The monoisotopic (exact) mass is 503 g/mol. The zero-order valence-corrected chi connectivity index (χ0v) is 18.7. The summed E-state index contributed by atoms with van der Waals surface area (Å²) in [6, 6.07) is 6.05. The average Bonchev–Trinajstić information content (AvgIpc) is 3.14. The lowest BCUT2D eigenvalue weighted by Gasteiger charge is -2.37. The van der Waals surface area contributed by atoms with E-state index in [1.165, 1.54) is 0 Å². The van der Waals surface area contributed by atoms with Gasteiger partial charge < -0.3 is 29.2 Å². The van der Waals surface area contributed by atoms with Crippen molar-refractivity contribution in [1.82, 2.24) is 10.2 Å². The summed E-state index contributed by atoms with van der Waals surface area (Å²) in [5, 5.41) is 3.48. The van der Waals surface area contributed by atoms with E-state index in [4.69, 9.17) is 18.9 Å². The molecule has 1 aromatic carbocycles. The largest absolute Gasteiger partial charge is 0.490 e. The van der Waals surface area contributed by atoms with Crippen molar-refractivity contribution in [1.29, 1.82) is 0 Å². The second-order valence-corrected chi connectivity index (χ2v) is 7.10. The quantitative estimate of drug-likeness (QED) is 0.389. The van der Waals surface area contributed by atoms with Gasteiger partial charge in [0, 0.05) is 45.3 Å². The average molecular weight is 503 g/mol. The molecule has 2 saturated heterocycles. The van der Waals surface area contributed by atoms with E-state index in [2.05, 4.69) is 21.3 Å². The molecule has 2 atom stereocenters. The van der Waals surface area contributed by atoms with Crippen LogP contribution in [0.3, 0.4) is 0 Å². The number of hydrogen-bond acceptors (Lipinski definition) is 5. The van der Waals surface area contributed by atoms with E-state index < -0.39 is 0 Å². The zero-order valence-electron chi connectivity index (χ0n) is 16.4. The number of para-hydroxylation sites is 1. The number of rotatable bonds is 3. The molecule has 156 valence electrons. The third-order valence-corrected chi connectivity index (χ3v) is 5.27. The number of halogens is 1. The summed E-state index contributed by atoms with van der Waals surface area (Å²) >= 11 is 0. The first-order valence-corrected chi connectivity index (χ1v) is 9.91. The van der Waals surface area contributed by atoms with E-state index in [0.29, 0.717) is 26.4 Å². The van der Waals surface area contributed by atoms with Crippen molar-refractivity contribution in [3.63, 3.8) is 0 Å². The second kappa shape index (κ2) is 10.5. The fourth-order valence-electron chi connectivity index (χ4n) is 3.89. The Labute approximate surface area is 183 Å². The summed E-state index contributed by atoms with van der Waals surface area (Å²) in [4.78, 5) is 6.74. The summed E-state index contributed by atoms with van der Waals surface area (Å²) in [5.41, 5.74) is 1.08. The van der Waals surface area contributed by atoms with E-state index in [1.807, 2.05) is 19.2 Å². The molecule has 3 aliphatic rings. The van der Waals surface area contributed by atoms with Crippen LogP contribution in [0, 0.1) is 0 Å². The van der Waals surface area contributed by atoms with Gasteiger partial charge in [0.05, 0.1) is 25.9 Å². The number of nitrogens with zero attached hydrogens (tertiary/aromatic N) is 2. The summed E-state index contributed by atoms with van der Waals surface area (Å²) in [6.07, 6.45) is 3.43. The molecule has 3 aliphatic heterocycles. The van der Waals surface area contributed by atoms with Gasteiger partial charge in [0.25, 0.3) is 0 Å². The van der Waals surface area contributed by atoms with Crippen LogP contribution in [0.25, 0.3) is 0 Å². The van der Waals surface area contributed by atoms with E-state index >= 15 is 0 Å². The fourth-order valence-corrected chi connectivity index (χ4v) is 3.89. The summed E-state index contributed by atoms with van der Waals surface area (Å²) in [5.74, 6) is 2.55. The van der Waals surface area contributed by atoms with Gasteiger partial charge in [-0.3, -0.25) is 4.99 Å². The van der Waals surface area contributed by atoms with Crippen LogP contribution in [0.15, 0.2) is 23.2 Å². The van der Waals surface area contributed by atoms with Gasteiger partial charge in [0.1, 0.15) is 6.10 Å². The third kappa shape index (κ3) is 5.01. The van der Waals surface area contributed by atoms with Crippen molar-refractivity contribution in [3.05, 3.63) is 23.8 Å². The van der Waals surface area contributed by atoms with Crippen LogP contribution in [0.1, 0.15) is 24.8 Å². The molecule has 0 aromatic heterocycles. The molecule has 0 bridgehead atoms. The maximum Gasteiger partial charge on any atom is 0.194 e. The molecule has 0 radical (unpaired) electrons. The van der Waals surface area contributed by atoms with Crippen LogP contribution < -0.4 is 14.8 Å². The van der Waals surface area contributed by atoms with E-state index in [-0.39, 0.29) is 36.2 Å². The molecule has 28 heavy (non-hydrogen) atoms. The van der Waals surface area contributed by atoms with Gasteiger partial charge in [-0.05, 0) is 18.9 Å². The second-order valence-electron chi connectivity index (χ2n) is 7.10. The van der Waals surface area contributed by atoms with Crippen LogP contribution >= 0.6 is 24.0 Å². The van der Waals surface area contributed by atoms with Gasteiger partial charge in [0.2, 0.25) is 0 Å². The number of morpholine rings is 1. The molecule has 4 rings (SSSR count). The lowest BCUT2D eigenvalue weighted by molar-refractivity contribution is -0.0817. The van der Waals surface area contributed by atoms with Gasteiger partial charge in [-0.25, -0.2) is 0 Å². The lowest BCUT2D eigenvalue weighted by Crippen LogP contribution is -2.53. The van der Waals surface area contributed by atoms with Crippen molar-refractivity contribution in [2.24, 2.45) is 4.99 Å². The number of ether oxygens (including phenoxy) is 4. The topological polar surface area (TPSA) is 64.6 Å². The van der Waals surface area contributed by atoms with Crippen LogP contribution in [0.2, 0.25) is 0 Å². The first kappa shape index (κ1) is 21.4. The first-order valence-electron chi connectivity index (χ1n) is 9.91. The molecule has 0 aliphatic carbocycles. The molecule has 3 heterocycles. The number of benzene rings is 1. The number of guanidine groups is 1. The third-order valence-electron chi connectivity index (χ3n) is 5.27. The van der Waals surface area contributed by atoms with E-state index in [0.717, 1.165) is 62.0 Å². The zero-order chi connectivity index (χ0) is 18.5.